The first-order chi connectivity index (χ1) is 14.6. The third kappa shape index (κ3) is 10.5. The standard InChI is InChI=1S/C28H55N3O2/c1-23(2,3)21-28(13,14)33-18-16-26(9,10)31-20-22(29-30-31)19-27(11,12)32-17-15-25(7,8)24(4,5)6/h20H,15-19,21H2,1-14H3. The molecule has 1 rings (SSSR count). The normalized spacial score (nSPS) is 14.7. The molecule has 0 aliphatic rings. The van der Waals surface area contributed by atoms with E-state index < -0.39 is 0 Å². The summed E-state index contributed by atoms with van der Waals surface area (Å²) < 4.78 is 14.6. The molecule has 0 fully saturated rings. The van der Waals surface area contributed by atoms with Crippen molar-refractivity contribution in [1.29, 1.82) is 0 Å². The zero-order valence-corrected chi connectivity index (χ0v) is 24.5. The van der Waals surface area contributed by atoms with Crippen molar-refractivity contribution in [2.45, 2.75) is 139 Å². The van der Waals surface area contributed by atoms with Crippen LogP contribution in [0.25, 0.3) is 0 Å². The molecule has 0 saturated heterocycles. The van der Waals surface area contributed by atoms with Gasteiger partial charge in [-0.2, -0.15) is 0 Å². The summed E-state index contributed by atoms with van der Waals surface area (Å²) in [7, 11) is 0. The Kier molecular flexibility index (Phi) is 9.44. The molecule has 1 heterocycles. The number of hydrogen-bond donors (Lipinski definition) is 0. The molecule has 1 aromatic rings. The zero-order chi connectivity index (χ0) is 25.9. The van der Waals surface area contributed by atoms with Crippen LogP contribution in [-0.4, -0.2) is 39.4 Å². The van der Waals surface area contributed by atoms with E-state index in [0.29, 0.717) is 6.61 Å². The highest BCUT2D eigenvalue weighted by Crippen LogP contribution is 2.41. The Morgan fingerprint density at radius 1 is 0.727 bits per heavy atom. The predicted octanol–water partition coefficient (Wildman–Crippen LogP) is 7.43. The summed E-state index contributed by atoms with van der Waals surface area (Å²) in [4.78, 5) is 0. The molecule has 0 N–H and O–H groups in total. The topological polar surface area (TPSA) is 49.2 Å². The first kappa shape index (κ1) is 30.1. The lowest BCUT2D eigenvalue weighted by molar-refractivity contribution is -0.0520. The first-order valence-corrected chi connectivity index (χ1v) is 12.8. The molecule has 0 aliphatic carbocycles. The van der Waals surface area contributed by atoms with Gasteiger partial charge in [-0.15, -0.1) is 5.10 Å². The van der Waals surface area contributed by atoms with Gasteiger partial charge in [-0.05, 0) is 77.0 Å². The quantitative estimate of drug-likeness (QED) is 0.322. The lowest BCUT2D eigenvalue weighted by Crippen LogP contribution is -2.34. The van der Waals surface area contributed by atoms with Gasteiger partial charge in [0.15, 0.2) is 0 Å². The SMILES string of the molecule is CC(C)(C)CC(C)(C)OCCC(C)(C)n1cc(CC(C)(C)OCCC(C)(C)C(C)(C)C)nn1. The molecule has 0 spiro atoms. The number of nitrogens with zero attached hydrogens (tertiary/aromatic N) is 3. The molecule has 0 radical (unpaired) electrons. The van der Waals surface area contributed by atoms with Crippen molar-refractivity contribution in [1.82, 2.24) is 15.0 Å². The summed E-state index contributed by atoms with van der Waals surface area (Å²) >= 11 is 0. The number of ether oxygens (including phenoxy) is 2. The van der Waals surface area contributed by atoms with Crippen LogP contribution in [0.1, 0.15) is 122 Å². The van der Waals surface area contributed by atoms with Gasteiger partial charge in [-0.25, -0.2) is 4.68 Å². The summed E-state index contributed by atoms with van der Waals surface area (Å²) in [5.74, 6) is 0. The average molecular weight is 466 g/mol. The minimum Gasteiger partial charge on any atom is -0.375 e. The fraction of sp³-hybridized carbons (Fsp3) is 0.929. The van der Waals surface area contributed by atoms with Crippen LogP contribution in [-0.2, 0) is 21.4 Å². The van der Waals surface area contributed by atoms with E-state index in [9.17, 15) is 0 Å². The Morgan fingerprint density at radius 3 is 1.76 bits per heavy atom. The number of aromatic nitrogens is 3. The average Bonchev–Trinajstić information content (AvgIpc) is 2.99. The van der Waals surface area contributed by atoms with Crippen LogP contribution in [0, 0.1) is 16.2 Å². The first-order valence-electron chi connectivity index (χ1n) is 12.8. The van der Waals surface area contributed by atoms with Crippen molar-refractivity contribution in [3.8, 4) is 0 Å². The molecule has 194 valence electrons. The minimum atomic E-state index is -0.279. The fourth-order valence-corrected chi connectivity index (χ4v) is 4.14. The van der Waals surface area contributed by atoms with Crippen LogP contribution >= 0.6 is 0 Å². The van der Waals surface area contributed by atoms with Crippen molar-refractivity contribution < 1.29 is 9.47 Å². The molecule has 0 saturated carbocycles. The maximum atomic E-state index is 6.30. The van der Waals surface area contributed by atoms with Gasteiger partial charge in [0.25, 0.3) is 0 Å². The Morgan fingerprint density at radius 2 is 1.24 bits per heavy atom. The van der Waals surface area contributed by atoms with Crippen LogP contribution in [0.4, 0.5) is 0 Å². The van der Waals surface area contributed by atoms with Gasteiger partial charge in [-0.1, -0.05) is 60.6 Å². The van der Waals surface area contributed by atoms with Gasteiger partial charge in [0.1, 0.15) is 0 Å². The van der Waals surface area contributed by atoms with Gasteiger partial charge in [0.2, 0.25) is 0 Å². The molecule has 33 heavy (non-hydrogen) atoms. The lowest BCUT2D eigenvalue weighted by atomic mass is 9.67. The van der Waals surface area contributed by atoms with Gasteiger partial charge >= 0.3 is 0 Å². The zero-order valence-electron chi connectivity index (χ0n) is 24.5. The number of hydrogen-bond acceptors (Lipinski definition) is 4. The van der Waals surface area contributed by atoms with Crippen molar-refractivity contribution >= 4 is 0 Å². The molecule has 0 aliphatic heterocycles. The second-order valence-corrected chi connectivity index (χ2v) is 14.7. The highest BCUT2D eigenvalue weighted by Gasteiger charge is 2.33. The third-order valence-corrected chi connectivity index (χ3v) is 7.18. The Bertz CT molecular complexity index is 731. The van der Waals surface area contributed by atoms with Gasteiger partial charge in [0.05, 0.1) is 22.4 Å². The van der Waals surface area contributed by atoms with Gasteiger partial charge in [0, 0.05) is 25.8 Å². The largest absolute Gasteiger partial charge is 0.375 e. The summed E-state index contributed by atoms with van der Waals surface area (Å²) in [5.41, 5.74) is 1.11. The molecule has 5 nitrogen and oxygen atoms in total. The van der Waals surface area contributed by atoms with E-state index in [1.165, 1.54) is 0 Å². The second-order valence-electron chi connectivity index (χ2n) is 14.7. The van der Waals surface area contributed by atoms with E-state index in [1.54, 1.807) is 0 Å². The van der Waals surface area contributed by atoms with Crippen LogP contribution in [0.5, 0.6) is 0 Å². The summed E-state index contributed by atoms with van der Waals surface area (Å²) in [5, 5.41) is 8.92. The van der Waals surface area contributed by atoms with Gasteiger partial charge in [-0.3, -0.25) is 0 Å². The van der Waals surface area contributed by atoms with E-state index in [4.69, 9.17) is 9.47 Å². The molecular formula is C28H55N3O2. The van der Waals surface area contributed by atoms with E-state index in [2.05, 4.69) is 113 Å². The third-order valence-electron chi connectivity index (χ3n) is 7.18. The van der Waals surface area contributed by atoms with Crippen molar-refractivity contribution in [2.75, 3.05) is 13.2 Å². The Balaban J connectivity index is 2.64. The minimum absolute atomic E-state index is 0.134. The fourth-order valence-electron chi connectivity index (χ4n) is 4.14. The Labute approximate surface area is 205 Å². The van der Waals surface area contributed by atoms with E-state index in [0.717, 1.165) is 38.0 Å². The van der Waals surface area contributed by atoms with Crippen molar-refractivity contribution in [2.24, 2.45) is 16.2 Å². The lowest BCUT2D eigenvalue weighted by Gasteiger charge is -2.39. The maximum Gasteiger partial charge on any atom is 0.0855 e. The Hall–Kier alpha value is -0.940. The molecule has 5 heteroatoms. The summed E-state index contributed by atoms with van der Waals surface area (Å²) in [6.07, 6.45) is 5.75. The van der Waals surface area contributed by atoms with E-state index >= 15 is 0 Å². The molecular weight excluding hydrogens is 410 g/mol. The summed E-state index contributed by atoms with van der Waals surface area (Å²) in [6.45, 7) is 32.8. The second kappa shape index (κ2) is 10.4. The molecule has 0 atom stereocenters. The van der Waals surface area contributed by atoms with Crippen LogP contribution < -0.4 is 0 Å². The van der Waals surface area contributed by atoms with Crippen molar-refractivity contribution in [3.05, 3.63) is 11.9 Å². The summed E-state index contributed by atoms with van der Waals surface area (Å²) in [6, 6.07) is 0. The molecule has 0 aromatic carbocycles. The highest BCUT2D eigenvalue weighted by atomic mass is 16.5. The highest BCUT2D eigenvalue weighted by molar-refractivity contribution is 5.00. The molecule has 1 aromatic heterocycles. The monoisotopic (exact) mass is 465 g/mol. The predicted molar refractivity (Wildman–Crippen MR) is 140 cm³/mol. The van der Waals surface area contributed by atoms with Crippen LogP contribution in [0.2, 0.25) is 0 Å². The molecule has 0 bridgehead atoms. The van der Waals surface area contributed by atoms with Crippen molar-refractivity contribution in [3.63, 3.8) is 0 Å². The van der Waals surface area contributed by atoms with E-state index in [-0.39, 0.29) is 33.0 Å². The van der Waals surface area contributed by atoms with Crippen LogP contribution in [0.3, 0.4) is 0 Å². The number of rotatable bonds is 12. The molecule has 0 unspecified atom stereocenters. The maximum absolute atomic E-state index is 6.30. The van der Waals surface area contributed by atoms with E-state index in [1.807, 2.05) is 4.68 Å². The smallest absolute Gasteiger partial charge is 0.0855 e. The van der Waals surface area contributed by atoms with Crippen LogP contribution in [0.15, 0.2) is 6.20 Å². The van der Waals surface area contributed by atoms with Gasteiger partial charge < -0.3 is 9.47 Å². The molecule has 0 amide bonds.